The van der Waals surface area contributed by atoms with Crippen molar-refractivity contribution in [1.82, 2.24) is 53.9 Å². The van der Waals surface area contributed by atoms with Crippen molar-refractivity contribution in [2.45, 2.75) is 221 Å². The number of sulfonamides is 3. The minimum Gasteiger partial charge on any atom is -0.405 e. The lowest BCUT2D eigenvalue weighted by molar-refractivity contribution is 0.00578. The second-order valence-corrected chi connectivity index (χ2v) is 31.5. The van der Waals surface area contributed by atoms with E-state index in [0.717, 1.165) is 34.6 Å². The number of nitrogens with zero attached hydrogens (tertiary/aromatic N) is 9. The Bertz CT molecular complexity index is 3910. The molecule has 0 amide bonds. The molecule has 0 radical (unpaired) electrons. The molecule has 8 heterocycles. The molecule has 3 saturated heterocycles. The standard InChI is InChI=1S/C23H19N7O2S.C14H24BN3O4S.C12H24B2O4.C8H12ClN3O2S.4CH4/c24-33(31,32)20-15-25-14-19(27-20)22-28-23(26-13-16-7-3-1-4-8-16)21-18(11-12-30(21)29-22)17-9-5-2-6-10-17;1-12(2,3)18-23(19,20)11-9-16-8-10(17-11)15-21-13(4,5)14(6,7)22-15;1-9(2)10(3,4)16-13(15-9)14-17-11(5,6)12(7,8)18-14;1-8(2,3)12-15(13,14)7-5-10-4-6(9)11-7;;;;/h1-12,14-15H,13H2,(H2,24,31,32)(H,26,28,29);8-9,18H,1-7H3;1-8H3;4-5,12H,1-3H3;4*1H4. The number of hydrogen-bond acceptors (Lipinski definition) is 21. The van der Waals surface area contributed by atoms with E-state index in [-0.39, 0.29) is 83.9 Å². The monoisotopic (exact) mass is 1370 g/mol. The van der Waals surface area contributed by atoms with Gasteiger partial charge in [-0.15, -0.1) is 5.10 Å². The van der Waals surface area contributed by atoms with E-state index in [0.29, 0.717) is 18.0 Å². The quantitative estimate of drug-likeness (QED) is 0.0826. The molecule has 0 spiro atoms. The molecule has 25 nitrogen and oxygen atoms in total. The maximum absolute atomic E-state index is 12.4. The molecule has 3 aliphatic rings. The molecule has 7 aromatic rings. The van der Waals surface area contributed by atoms with Gasteiger partial charge in [0.15, 0.2) is 20.9 Å². The number of fused-ring (bicyclic) bond motifs is 1. The zero-order chi connectivity index (χ0) is 66.2. The Morgan fingerprint density at radius 1 is 0.527 bits per heavy atom. The number of hydrogen-bond donors (Lipinski definition) is 4. The van der Waals surface area contributed by atoms with Crippen molar-refractivity contribution < 1.29 is 53.2 Å². The number of benzene rings is 2. The molecule has 5 aromatic heterocycles. The molecule has 93 heavy (non-hydrogen) atoms. The second-order valence-electron chi connectivity index (χ2n) is 26.3. The highest BCUT2D eigenvalue weighted by Gasteiger charge is 2.64. The molecule has 0 unspecified atom stereocenters. The van der Waals surface area contributed by atoms with Crippen molar-refractivity contribution >= 4 is 79.7 Å². The van der Waals surface area contributed by atoms with Gasteiger partial charge in [-0.05, 0) is 142 Å². The zero-order valence-electron chi connectivity index (χ0n) is 53.4. The maximum atomic E-state index is 12.4. The molecule has 32 heteroatoms. The fourth-order valence-corrected chi connectivity index (χ4v) is 11.7. The van der Waals surface area contributed by atoms with Crippen LogP contribution in [0.25, 0.3) is 28.2 Å². The Labute approximate surface area is 558 Å². The largest absolute Gasteiger partial charge is 0.516 e. The van der Waals surface area contributed by atoms with Gasteiger partial charge in [0.2, 0.25) is 5.82 Å². The first-order valence-electron chi connectivity index (χ1n) is 28.3. The van der Waals surface area contributed by atoms with E-state index in [4.69, 9.17) is 44.7 Å². The summed E-state index contributed by atoms with van der Waals surface area (Å²) in [6, 6.07) is 21.8. The summed E-state index contributed by atoms with van der Waals surface area (Å²) in [7, 11) is -13.1. The van der Waals surface area contributed by atoms with Crippen molar-refractivity contribution in [3.05, 3.63) is 121 Å². The van der Waals surface area contributed by atoms with E-state index >= 15 is 0 Å². The van der Waals surface area contributed by atoms with Crippen LogP contribution in [0.5, 0.6) is 0 Å². The molecule has 510 valence electrons. The highest BCUT2D eigenvalue weighted by molar-refractivity contribution is 7.89. The summed E-state index contributed by atoms with van der Waals surface area (Å²) < 4.78 is 114. The van der Waals surface area contributed by atoms with Gasteiger partial charge < -0.3 is 33.2 Å². The summed E-state index contributed by atoms with van der Waals surface area (Å²) in [5.74, 6) is 0.793. The minimum atomic E-state index is -4.02. The third-order valence-electron chi connectivity index (χ3n) is 14.9. The van der Waals surface area contributed by atoms with Gasteiger partial charge in [-0.3, -0.25) is 15.0 Å². The van der Waals surface area contributed by atoms with Crippen LogP contribution in [0.3, 0.4) is 0 Å². The number of rotatable bonds is 12. The van der Waals surface area contributed by atoms with Crippen LogP contribution in [0.15, 0.2) is 125 Å². The summed E-state index contributed by atoms with van der Waals surface area (Å²) in [4.78, 5) is 28.2. The fourth-order valence-electron chi connectivity index (χ4n) is 8.42. The van der Waals surface area contributed by atoms with Gasteiger partial charge in [0.1, 0.15) is 16.4 Å². The lowest BCUT2D eigenvalue weighted by Crippen LogP contribution is -2.43. The van der Waals surface area contributed by atoms with Gasteiger partial charge >= 0.3 is 21.1 Å². The van der Waals surface area contributed by atoms with Crippen LogP contribution in [0.1, 0.15) is 160 Å². The topological polar surface area (TPSA) is 327 Å². The molecule has 2 aromatic carbocycles. The van der Waals surface area contributed by atoms with Gasteiger partial charge in [0.05, 0.1) is 70.2 Å². The number of nitrogens with one attached hydrogen (secondary N) is 3. The number of primary sulfonamides is 1. The first kappa shape index (κ1) is 81.3. The minimum absolute atomic E-state index is 0. The summed E-state index contributed by atoms with van der Waals surface area (Å²) in [5, 5.41) is 12.5. The van der Waals surface area contributed by atoms with Crippen molar-refractivity contribution in [3.63, 3.8) is 0 Å². The van der Waals surface area contributed by atoms with Gasteiger partial charge in [-0.25, -0.2) is 64.3 Å². The Morgan fingerprint density at radius 2 is 0.946 bits per heavy atom. The zero-order valence-corrected chi connectivity index (χ0v) is 56.6. The molecule has 0 saturated carbocycles. The maximum Gasteiger partial charge on any atom is 0.516 e. The van der Waals surface area contributed by atoms with Crippen molar-refractivity contribution in [2.75, 3.05) is 5.32 Å². The van der Waals surface area contributed by atoms with E-state index in [2.05, 4.69) is 54.7 Å². The fraction of sp³-hybridized carbons (Fsp3) is 0.508. The summed E-state index contributed by atoms with van der Waals surface area (Å²) >= 11 is 5.56. The Morgan fingerprint density at radius 3 is 1.40 bits per heavy atom. The highest BCUT2D eigenvalue weighted by Crippen LogP contribution is 2.43. The van der Waals surface area contributed by atoms with E-state index in [9.17, 15) is 25.3 Å². The predicted molar refractivity (Wildman–Crippen MR) is 369 cm³/mol. The average molecular weight is 1370 g/mol. The molecule has 3 fully saturated rings. The average Bonchev–Trinajstić information content (AvgIpc) is 1.64. The normalized spacial score (nSPS) is 17.5. The Kier molecular flexibility index (Phi) is 26.2. The van der Waals surface area contributed by atoms with Crippen molar-refractivity contribution in [3.8, 4) is 22.6 Å². The van der Waals surface area contributed by atoms with E-state index in [1.807, 2.05) is 156 Å². The molecule has 0 atom stereocenters. The first-order chi connectivity index (χ1) is 40.8. The molecule has 10 rings (SSSR count). The molecule has 5 N–H and O–H groups in total. The third kappa shape index (κ3) is 20.3. The van der Waals surface area contributed by atoms with E-state index in [1.54, 1.807) is 46.1 Å². The van der Waals surface area contributed by atoms with Crippen LogP contribution in [0.2, 0.25) is 5.15 Å². The van der Waals surface area contributed by atoms with Crippen LogP contribution < -0.4 is 25.5 Å². The van der Waals surface area contributed by atoms with Gasteiger partial charge in [0, 0.05) is 35.6 Å². The third-order valence-corrected chi connectivity index (χ3v) is 19.2. The number of anilines is 1. The van der Waals surface area contributed by atoms with Crippen molar-refractivity contribution in [2.24, 2.45) is 5.14 Å². The predicted octanol–water partition coefficient (Wildman–Crippen LogP) is 9.97. The SMILES string of the molecule is C.C.C.C.CC(C)(C)NS(=O)(=O)c1cncc(B2OC(C)(C)C(C)(C)O2)n1.CC(C)(C)NS(=O)(=O)c1cncc(Cl)n1.CC1(C)OB(B2OC(C)(C)C(C)(C)O2)OC1(C)C.NS(=O)(=O)c1cncc(-c2nc(NCc3ccccc3)c3c(-c4ccccc4)ccn3n2)n1. The van der Waals surface area contributed by atoms with Gasteiger partial charge in [-0.1, -0.05) is 102 Å². The van der Waals surface area contributed by atoms with Crippen LogP contribution in [-0.2, 0) is 64.5 Å². The molecule has 3 aliphatic heterocycles. The summed E-state index contributed by atoms with van der Waals surface area (Å²) in [6.45, 7) is 34.9. The Hall–Kier alpha value is -5.93. The number of nitrogens with two attached hydrogens (primary N) is 1. The lowest BCUT2D eigenvalue weighted by Gasteiger charge is -2.32. The second kappa shape index (κ2) is 30.0. The summed E-state index contributed by atoms with van der Waals surface area (Å²) in [6.07, 6.45) is 9.42. The van der Waals surface area contributed by atoms with Gasteiger partial charge in [-0.2, -0.15) is 0 Å². The first-order valence-corrected chi connectivity index (χ1v) is 33.2. The molecular formula is C61H95B3ClN13O12S3. The smallest absolute Gasteiger partial charge is 0.405 e. The Balaban J connectivity index is 0.000000334. The van der Waals surface area contributed by atoms with E-state index in [1.165, 1.54) is 24.8 Å². The van der Waals surface area contributed by atoms with E-state index < -0.39 is 73.5 Å². The van der Waals surface area contributed by atoms with Crippen LogP contribution in [-0.4, -0.2) is 136 Å². The molecule has 0 bridgehead atoms. The number of aromatic nitrogens is 9. The summed E-state index contributed by atoms with van der Waals surface area (Å²) in [5.41, 5.74) is 0.708. The van der Waals surface area contributed by atoms with Crippen LogP contribution in [0, 0.1) is 0 Å². The number of halogens is 1. The lowest BCUT2D eigenvalue weighted by atomic mass is 9.49. The molecule has 0 aliphatic carbocycles. The van der Waals surface area contributed by atoms with Crippen LogP contribution in [0.4, 0.5) is 5.82 Å². The van der Waals surface area contributed by atoms with Crippen LogP contribution >= 0.6 is 11.6 Å². The molecular weight excluding hydrogens is 1270 g/mol. The van der Waals surface area contributed by atoms with Crippen molar-refractivity contribution in [1.29, 1.82) is 0 Å². The van der Waals surface area contributed by atoms with Gasteiger partial charge in [0.25, 0.3) is 30.1 Å². The highest BCUT2D eigenvalue weighted by atomic mass is 35.5.